The van der Waals surface area contributed by atoms with Crippen LogP contribution in [0, 0.1) is 0 Å². The third kappa shape index (κ3) is 2.20. The summed E-state index contributed by atoms with van der Waals surface area (Å²) in [5.74, 6) is -0.236. The number of nitrogens with one attached hydrogen (secondary N) is 1. The van der Waals surface area contributed by atoms with Gasteiger partial charge in [-0.3, -0.25) is 4.79 Å². The molecule has 0 saturated carbocycles. The van der Waals surface area contributed by atoms with Crippen LogP contribution >= 0.6 is 0 Å². The average molecular weight is 189 g/mol. The van der Waals surface area contributed by atoms with Crippen molar-refractivity contribution in [2.75, 3.05) is 6.61 Å². The van der Waals surface area contributed by atoms with E-state index in [0.29, 0.717) is 6.61 Å². The number of carbonyl (C=O) groups excluding carboxylic acids is 1. The van der Waals surface area contributed by atoms with Crippen LogP contribution in [0.25, 0.3) is 5.73 Å². The number of hydrogen-bond donors (Lipinski definition) is 0. The zero-order valence-corrected chi connectivity index (χ0v) is 7.22. The van der Waals surface area contributed by atoms with Crippen molar-refractivity contribution in [3.8, 4) is 0 Å². The van der Waals surface area contributed by atoms with Crippen LogP contribution in [0.1, 0.15) is 6.42 Å². The molecular weight excluding hydrogens is 183 g/mol. The Balaban J connectivity index is 0.000000490. The van der Waals surface area contributed by atoms with Crippen molar-refractivity contribution in [1.29, 1.82) is 0 Å². The van der Waals surface area contributed by atoms with Crippen LogP contribution < -0.4 is 0 Å². The Kier molecular flexibility index (Phi) is 3.77. The SMILES string of the molecule is [NH-][C@H]1COC(=O)C1.[Y]. The third-order valence-corrected chi connectivity index (χ3v) is 0.859. The maximum Gasteiger partial charge on any atom is 0.304 e. The summed E-state index contributed by atoms with van der Waals surface area (Å²) in [6, 6.07) is -0.299. The number of esters is 1. The standard InChI is InChI=1S/C4H6NO2.Y/c5-3-1-4(6)7-2-3;/h3,5H,1-2H2;/q-1;/t3-;/m1./s1. The van der Waals surface area contributed by atoms with Gasteiger partial charge in [0, 0.05) is 39.1 Å². The van der Waals surface area contributed by atoms with Crippen molar-refractivity contribution in [3.05, 3.63) is 5.73 Å². The molecule has 4 heteroatoms. The van der Waals surface area contributed by atoms with Gasteiger partial charge in [-0.2, -0.15) is 0 Å². The number of cyclic esters (lactones) is 1. The molecule has 1 fully saturated rings. The van der Waals surface area contributed by atoms with E-state index in [0.717, 1.165) is 0 Å². The van der Waals surface area contributed by atoms with Gasteiger partial charge in [-0.1, -0.05) is 6.04 Å². The number of hydrogen-bond acceptors (Lipinski definition) is 2. The fraction of sp³-hybridized carbons (Fsp3) is 0.750. The van der Waals surface area contributed by atoms with E-state index in [-0.39, 0.29) is 51.1 Å². The Morgan fingerprint density at radius 1 is 1.75 bits per heavy atom. The minimum absolute atomic E-state index is 0. The van der Waals surface area contributed by atoms with Crippen LogP contribution in [-0.2, 0) is 42.2 Å². The van der Waals surface area contributed by atoms with Crippen LogP contribution in [0.3, 0.4) is 0 Å². The Bertz CT molecular complexity index is 96.0. The summed E-state index contributed by atoms with van der Waals surface area (Å²) in [5, 5.41) is 0. The number of carbonyl (C=O) groups is 1. The van der Waals surface area contributed by atoms with E-state index < -0.39 is 0 Å². The van der Waals surface area contributed by atoms with Crippen molar-refractivity contribution in [3.63, 3.8) is 0 Å². The topological polar surface area (TPSA) is 50.1 Å². The molecule has 1 aliphatic heterocycles. The molecule has 8 heavy (non-hydrogen) atoms. The molecule has 1 N–H and O–H groups in total. The minimum Gasteiger partial charge on any atom is -0.671 e. The Morgan fingerprint density at radius 2 is 2.38 bits per heavy atom. The maximum absolute atomic E-state index is 10.1. The predicted octanol–water partition coefficient (Wildman–Crippen LogP) is 0.352. The maximum atomic E-state index is 10.1. The van der Waals surface area contributed by atoms with Crippen molar-refractivity contribution in [2.24, 2.45) is 0 Å². The first-order valence-electron chi connectivity index (χ1n) is 2.16. The summed E-state index contributed by atoms with van der Waals surface area (Å²) < 4.78 is 4.44. The average Bonchev–Trinajstić information content (AvgIpc) is 1.87. The van der Waals surface area contributed by atoms with Gasteiger partial charge in [-0.25, -0.2) is 0 Å². The second-order valence-electron chi connectivity index (χ2n) is 1.58. The molecule has 1 aliphatic rings. The summed E-state index contributed by atoms with van der Waals surface area (Å²) in [7, 11) is 0. The van der Waals surface area contributed by atoms with Crippen LogP contribution in [0.4, 0.5) is 0 Å². The molecule has 1 saturated heterocycles. The van der Waals surface area contributed by atoms with Crippen LogP contribution in [0.5, 0.6) is 0 Å². The molecule has 0 unspecified atom stereocenters. The van der Waals surface area contributed by atoms with E-state index in [1.807, 2.05) is 0 Å². The molecule has 43 valence electrons. The normalized spacial score (nSPS) is 26.6. The van der Waals surface area contributed by atoms with E-state index in [2.05, 4.69) is 4.74 Å². The van der Waals surface area contributed by atoms with E-state index in [1.54, 1.807) is 0 Å². The van der Waals surface area contributed by atoms with Crippen molar-refractivity contribution in [2.45, 2.75) is 12.5 Å². The molecule has 0 spiro atoms. The van der Waals surface area contributed by atoms with Gasteiger partial charge in [0.05, 0.1) is 6.61 Å². The Hall–Kier alpha value is 0.534. The molecule has 0 aromatic rings. The fourth-order valence-corrected chi connectivity index (χ4v) is 0.513. The van der Waals surface area contributed by atoms with E-state index >= 15 is 0 Å². The molecule has 1 radical (unpaired) electrons. The van der Waals surface area contributed by atoms with Gasteiger partial charge in [0.25, 0.3) is 0 Å². The van der Waals surface area contributed by atoms with Crippen LogP contribution in [0.2, 0.25) is 0 Å². The molecule has 0 aromatic carbocycles. The molecule has 1 heterocycles. The monoisotopic (exact) mass is 189 g/mol. The van der Waals surface area contributed by atoms with Crippen LogP contribution in [-0.4, -0.2) is 18.6 Å². The number of rotatable bonds is 0. The fourth-order valence-electron chi connectivity index (χ4n) is 0.513. The van der Waals surface area contributed by atoms with E-state index in [1.165, 1.54) is 0 Å². The van der Waals surface area contributed by atoms with Crippen molar-refractivity contribution >= 4 is 5.97 Å². The van der Waals surface area contributed by atoms with E-state index in [4.69, 9.17) is 5.73 Å². The van der Waals surface area contributed by atoms with Gasteiger partial charge in [0.1, 0.15) is 0 Å². The predicted molar refractivity (Wildman–Crippen MR) is 23.7 cm³/mol. The Morgan fingerprint density at radius 3 is 2.50 bits per heavy atom. The number of ether oxygens (including phenoxy) is 1. The largest absolute Gasteiger partial charge is 0.671 e. The first-order valence-corrected chi connectivity index (χ1v) is 2.16. The summed E-state index contributed by atoms with van der Waals surface area (Å²) in [6.07, 6.45) is 0.278. The molecule has 1 rings (SSSR count). The molecule has 0 aromatic heterocycles. The van der Waals surface area contributed by atoms with Gasteiger partial charge in [-0.15, -0.1) is 0 Å². The first kappa shape index (κ1) is 8.53. The zero-order chi connectivity index (χ0) is 5.28. The third-order valence-electron chi connectivity index (χ3n) is 0.859. The smallest absolute Gasteiger partial charge is 0.304 e. The summed E-state index contributed by atoms with van der Waals surface area (Å²) in [6.45, 7) is 0.291. The van der Waals surface area contributed by atoms with Gasteiger partial charge in [0.2, 0.25) is 0 Å². The first-order chi connectivity index (χ1) is 3.29. The molecule has 3 nitrogen and oxygen atoms in total. The summed E-state index contributed by atoms with van der Waals surface area (Å²) in [4.78, 5) is 10.1. The zero-order valence-electron chi connectivity index (χ0n) is 4.39. The van der Waals surface area contributed by atoms with Gasteiger partial charge < -0.3 is 10.5 Å². The Labute approximate surface area is 72.8 Å². The second-order valence-corrected chi connectivity index (χ2v) is 1.58. The van der Waals surface area contributed by atoms with Crippen molar-refractivity contribution < 1.29 is 42.2 Å². The van der Waals surface area contributed by atoms with Gasteiger partial charge in [-0.05, 0) is 0 Å². The summed E-state index contributed by atoms with van der Waals surface area (Å²) in [5.41, 5.74) is 6.92. The molecule has 0 aliphatic carbocycles. The quantitative estimate of drug-likeness (QED) is 0.516. The molecule has 0 amide bonds. The summed E-state index contributed by atoms with van der Waals surface area (Å²) >= 11 is 0. The van der Waals surface area contributed by atoms with Crippen LogP contribution in [0.15, 0.2) is 0 Å². The second kappa shape index (κ2) is 3.54. The molecule has 0 bridgehead atoms. The van der Waals surface area contributed by atoms with Gasteiger partial charge >= 0.3 is 5.97 Å². The van der Waals surface area contributed by atoms with E-state index in [9.17, 15) is 4.79 Å². The van der Waals surface area contributed by atoms with Crippen molar-refractivity contribution in [1.82, 2.24) is 0 Å². The van der Waals surface area contributed by atoms with Gasteiger partial charge in [0.15, 0.2) is 0 Å². The molecular formula is C4H6NO2Y-. The minimum atomic E-state index is -0.299. The molecule has 1 atom stereocenters.